The van der Waals surface area contributed by atoms with Gasteiger partial charge in [0.1, 0.15) is 11.9 Å². The first kappa shape index (κ1) is 21.9. The lowest BCUT2D eigenvalue weighted by Crippen LogP contribution is -2.39. The van der Waals surface area contributed by atoms with Gasteiger partial charge >= 0.3 is 0 Å². The normalized spacial score (nSPS) is 12.7. The number of rotatable bonds is 8. The van der Waals surface area contributed by atoms with E-state index in [1.807, 2.05) is 66.3 Å². The van der Waals surface area contributed by atoms with E-state index in [1.165, 1.54) is 4.70 Å². The number of nitrogens with one attached hydrogen (secondary N) is 2. The van der Waals surface area contributed by atoms with Crippen LogP contribution in [0.1, 0.15) is 23.6 Å². The predicted octanol–water partition coefficient (Wildman–Crippen LogP) is 3.88. The number of aliphatic hydroxyl groups is 1. The summed E-state index contributed by atoms with van der Waals surface area (Å²) in [5, 5.41) is 22.8. The van der Waals surface area contributed by atoms with E-state index in [2.05, 4.69) is 32.9 Å². The molecule has 0 amide bonds. The lowest BCUT2D eigenvalue weighted by atomic mass is 10.2. The van der Waals surface area contributed by atoms with E-state index in [9.17, 15) is 5.11 Å². The fourth-order valence-corrected chi connectivity index (χ4v) is 4.34. The maximum Gasteiger partial charge on any atom is 0.191 e. The molecule has 166 valence electrons. The molecule has 0 aliphatic carbocycles. The Bertz CT molecular complexity index is 1150. The number of benzene rings is 2. The molecule has 0 saturated heterocycles. The number of guanidine groups is 1. The summed E-state index contributed by atoms with van der Waals surface area (Å²) in [7, 11) is 1.65. The van der Waals surface area contributed by atoms with Gasteiger partial charge in [-0.3, -0.25) is 0 Å². The Balaban J connectivity index is 1.37. The van der Waals surface area contributed by atoms with Gasteiger partial charge in [0.2, 0.25) is 0 Å². The van der Waals surface area contributed by atoms with Crippen molar-refractivity contribution < 1.29 is 9.84 Å². The zero-order valence-electron chi connectivity index (χ0n) is 18.2. The van der Waals surface area contributed by atoms with Gasteiger partial charge in [-0.2, -0.15) is 5.10 Å². The van der Waals surface area contributed by atoms with Crippen molar-refractivity contribution in [3.63, 3.8) is 0 Å². The number of fused-ring (bicyclic) bond motifs is 1. The summed E-state index contributed by atoms with van der Waals surface area (Å²) >= 11 is 1.61. The van der Waals surface area contributed by atoms with Crippen LogP contribution >= 0.6 is 11.3 Å². The molecule has 4 aromatic rings. The molecule has 8 heteroatoms. The first-order chi connectivity index (χ1) is 15.7. The van der Waals surface area contributed by atoms with E-state index in [1.54, 1.807) is 18.4 Å². The van der Waals surface area contributed by atoms with Gasteiger partial charge in [0, 0.05) is 28.9 Å². The summed E-state index contributed by atoms with van der Waals surface area (Å²) in [5.41, 5.74) is 1.81. The molecule has 2 aromatic heterocycles. The van der Waals surface area contributed by atoms with Gasteiger partial charge in [-0.1, -0.05) is 18.2 Å². The van der Waals surface area contributed by atoms with Gasteiger partial charge in [0.15, 0.2) is 5.96 Å². The number of nitrogens with zero attached hydrogens (tertiary/aromatic N) is 3. The molecule has 32 heavy (non-hydrogen) atoms. The Morgan fingerprint density at radius 1 is 1.16 bits per heavy atom. The molecule has 0 bridgehead atoms. The highest BCUT2D eigenvalue weighted by atomic mass is 32.1. The number of thiophene rings is 1. The van der Waals surface area contributed by atoms with Crippen molar-refractivity contribution in [3.05, 3.63) is 77.4 Å². The maximum absolute atomic E-state index is 10.6. The minimum absolute atomic E-state index is 0.374. The van der Waals surface area contributed by atoms with Crippen molar-refractivity contribution in [2.75, 3.05) is 20.2 Å². The van der Waals surface area contributed by atoms with Gasteiger partial charge in [-0.05, 0) is 54.8 Å². The number of methoxy groups -OCH3 is 1. The van der Waals surface area contributed by atoms with Crippen LogP contribution in [-0.4, -0.2) is 41.0 Å². The van der Waals surface area contributed by atoms with Crippen molar-refractivity contribution in [1.82, 2.24) is 20.4 Å². The third-order valence-corrected chi connectivity index (χ3v) is 6.18. The number of hydrogen-bond donors (Lipinski definition) is 3. The molecule has 0 radical (unpaired) electrons. The summed E-state index contributed by atoms with van der Waals surface area (Å²) in [6.07, 6.45) is 1.31. The van der Waals surface area contributed by atoms with Crippen LogP contribution in [0, 0.1) is 0 Å². The van der Waals surface area contributed by atoms with Crippen LogP contribution in [0.25, 0.3) is 15.8 Å². The van der Waals surface area contributed by atoms with Crippen LogP contribution in [0.3, 0.4) is 0 Å². The average Bonchev–Trinajstić information content (AvgIpc) is 3.48. The molecular formula is C24H27N5O2S. The molecule has 1 atom stereocenters. The molecular weight excluding hydrogens is 422 g/mol. The highest BCUT2D eigenvalue weighted by Crippen LogP contribution is 2.29. The lowest BCUT2D eigenvalue weighted by Gasteiger charge is -2.14. The third-order valence-electron chi connectivity index (χ3n) is 4.96. The van der Waals surface area contributed by atoms with E-state index in [0.717, 1.165) is 33.9 Å². The van der Waals surface area contributed by atoms with Crippen LogP contribution in [0.4, 0.5) is 0 Å². The van der Waals surface area contributed by atoms with E-state index in [0.29, 0.717) is 19.0 Å². The van der Waals surface area contributed by atoms with Crippen LogP contribution in [-0.2, 0) is 6.54 Å². The van der Waals surface area contributed by atoms with E-state index in [-0.39, 0.29) is 0 Å². The molecule has 1 unspecified atom stereocenters. The van der Waals surface area contributed by atoms with Crippen LogP contribution in [0.2, 0.25) is 0 Å². The zero-order chi connectivity index (χ0) is 22.3. The standard InChI is InChI=1S/C24H27N5O2S/c1-3-25-24(27-16-21(30)23-14-17-6-4-5-7-22(17)32-23)26-15-18-12-13-29(28-18)19-8-10-20(31-2)11-9-19/h4-14,21,30H,3,15-16H2,1-2H3,(H2,25,26,27). The van der Waals surface area contributed by atoms with Crippen molar-refractivity contribution in [2.24, 2.45) is 4.99 Å². The van der Waals surface area contributed by atoms with Crippen LogP contribution < -0.4 is 15.4 Å². The molecule has 2 heterocycles. The van der Waals surface area contributed by atoms with E-state index in [4.69, 9.17) is 4.74 Å². The summed E-state index contributed by atoms with van der Waals surface area (Å²) in [4.78, 5) is 5.56. The predicted molar refractivity (Wildman–Crippen MR) is 130 cm³/mol. The minimum atomic E-state index is -0.606. The second-order valence-corrected chi connectivity index (χ2v) is 8.34. The molecule has 0 spiro atoms. The van der Waals surface area contributed by atoms with E-state index >= 15 is 0 Å². The Hall–Kier alpha value is -3.36. The van der Waals surface area contributed by atoms with Gasteiger partial charge < -0.3 is 20.5 Å². The molecule has 0 aliphatic heterocycles. The number of aliphatic imine (C=N–C) groups is 1. The molecule has 3 N–H and O–H groups in total. The Kier molecular flexibility index (Phi) is 7.03. The summed E-state index contributed by atoms with van der Waals surface area (Å²) in [6.45, 7) is 3.54. The maximum atomic E-state index is 10.6. The van der Waals surface area contributed by atoms with Crippen LogP contribution in [0.5, 0.6) is 5.75 Å². The SMILES string of the molecule is CCNC(=NCc1ccn(-c2ccc(OC)cc2)n1)NCC(O)c1cc2ccccc2s1. The quantitative estimate of drug-likeness (QED) is 0.281. The summed E-state index contributed by atoms with van der Waals surface area (Å²) in [5.74, 6) is 1.46. The molecule has 7 nitrogen and oxygen atoms in total. The highest BCUT2D eigenvalue weighted by molar-refractivity contribution is 7.19. The fourth-order valence-electron chi connectivity index (χ4n) is 3.29. The first-order valence-electron chi connectivity index (χ1n) is 10.5. The monoisotopic (exact) mass is 449 g/mol. The van der Waals surface area contributed by atoms with E-state index < -0.39 is 6.10 Å². The van der Waals surface area contributed by atoms with Crippen LogP contribution in [0.15, 0.2) is 71.9 Å². The fraction of sp³-hybridized carbons (Fsp3) is 0.250. The Labute approximate surface area is 191 Å². The summed E-state index contributed by atoms with van der Waals surface area (Å²) < 4.78 is 8.19. The lowest BCUT2D eigenvalue weighted by molar-refractivity contribution is 0.184. The number of hydrogen-bond acceptors (Lipinski definition) is 5. The second-order valence-electron chi connectivity index (χ2n) is 7.23. The molecule has 4 rings (SSSR count). The first-order valence-corrected chi connectivity index (χ1v) is 11.4. The minimum Gasteiger partial charge on any atom is -0.497 e. The van der Waals surface area contributed by atoms with Crippen molar-refractivity contribution in [3.8, 4) is 11.4 Å². The smallest absolute Gasteiger partial charge is 0.191 e. The van der Waals surface area contributed by atoms with Gasteiger partial charge in [-0.15, -0.1) is 11.3 Å². The highest BCUT2D eigenvalue weighted by Gasteiger charge is 2.12. The molecule has 0 saturated carbocycles. The van der Waals surface area contributed by atoms with Gasteiger partial charge in [0.05, 0.1) is 25.0 Å². The van der Waals surface area contributed by atoms with Crippen molar-refractivity contribution in [2.45, 2.75) is 19.6 Å². The van der Waals surface area contributed by atoms with Crippen molar-refractivity contribution in [1.29, 1.82) is 0 Å². The topological polar surface area (TPSA) is 83.7 Å². The second kappa shape index (κ2) is 10.3. The zero-order valence-corrected chi connectivity index (χ0v) is 19.0. The largest absolute Gasteiger partial charge is 0.497 e. The number of aliphatic hydroxyl groups excluding tert-OH is 1. The Morgan fingerprint density at radius 3 is 2.72 bits per heavy atom. The summed E-state index contributed by atoms with van der Waals surface area (Å²) in [6, 6.07) is 19.9. The van der Waals surface area contributed by atoms with Gasteiger partial charge in [-0.25, -0.2) is 9.67 Å². The average molecular weight is 450 g/mol. The van der Waals surface area contributed by atoms with Crippen molar-refractivity contribution >= 4 is 27.4 Å². The number of aromatic nitrogens is 2. The Morgan fingerprint density at radius 2 is 1.97 bits per heavy atom. The third kappa shape index (κ3) is 5.27. The molecule has 2 aromatic carbocycles. The number of ether oxygens (including phenoxy) is 1. The van der Waals surface area contributed by atoms with Gasteiger partial charge in [0.25, 0.3) is 0 Å². The molecule has 0 fully saturated rings. The molecule has 0 aliphatic rings.